The number of nitrogens with zero attached hydrogens (tertiary/aromatic N) is 4. The van der Waals surface area contributed by atoms with Crippen LogP contribution >= 0.6 is 0 Å². The Labute approximate surface area is 145 Å². The molecule has 2 aromatic rings. The second kappa shape index (κ2) is 7.16. The summed E-state index contributed by atoms with van der Waals surface area (Å²) in [5.41, 5.74) is 0.984. The number of aryl methyl sites for hydroxylation is 1. The van der Waals surface area contributed by atoms with Crippen LogP contribution < -0.4 is 10.2 Å². The van der Waals surface area contributed by atoms with Gasteiger partial charge in [-0.2, -0.15) is 0 Å². The molecule has 1 amide bonds. The van der Waals surface area contributed by atoms with Gasteiger partial charge in [0.2, 0.25) is 6.41 Å². The van der Waals surface area contributed by atoms with Gasteiger partial charge in [0, 0.05) is 37.9 Å². The molecule has 0 radical (unpaired) electrons. The first-order valence-corrected chi connectivity index (χ1v) is 7.95. The van der Waals surface area contributed by atoms with Crippen LogP contribution in [0.3, 0.4) is 0 Å². The number of aromatic carboxylic acids is 1. The summed E-state index contributed by atoms with van der Waals surface area (Å²) in [6.07, 6.45) is 0.871. The Balaban J connectivity index is 1.75. The van der Waals surface area contributed by atoms with E-state index in [9.17, 15) is 9.59 Å². The Hall–Kier alpha value is -3.16. The summed E-state index contributed by atoms with van der Waals surface area (Å²) in [4.78, 5) is 34.4. The molecule has 1 aromatic heterocycles. The third-order valence-corrected chi connectivity index (χ3v) is 4.02. The van der Waals surface area contributed by atoms with Crippen molar-refractivity contribution >= 4 is 29.7 Å². The summed E-state index contributed by atoms with van der Waals surface area (Å²) in [6, 6.07) is 8.33. The minimum atomic E-state index is -0.957. The Morgan fingerprint density at radius 2 is 1.84 bits per heavy atom. The van der Waals surface area contributed by atoms with Crippen molar-refractivity contribution < 1.29 is 14.7 Å². The topological polar surface area (TPSA) is 98.7 Å². The fourth-order valence-electron chi connectivity index (χ4n) is 2.68. The predicted octanol–water partition coefficient (Wildman–Crippen LogP) is 1.51. The maximum atomic E-state index is 10.9. The number of amides is 1. The van der Waals surface area contributed by atoms with Crippen molar-refractivity contribution in [1.29, 1.82) is 0 Å². The monoisotopic (exact) mass is 341 g/mol. The third-order valence-electron chi connectivity index (χ3n) is 4.02. The summed E-state index contributed by atoms with van der Waals surface area (Å²) in [7, 11) is 0. The highest BCUT2D eigenvalue weighted by molar-refractivity contribution is 5.88. The van der Waals surface area contributed by atoms with E-state index in [1.807, 2.05) is 13.0 Å². The molecule has 130 valence electrons. The Morgan fingerprint density at radius 3 is 2.44 bits per heavy atom. The van der Waals surface area contributed by atoms with Crippen LogP contribution in [-0.2, 0) is 4.79 Å². The van der Waals surface area contributed by atoms with Crippen LogP contribution in [0, 0.1) is 6.92 Å². The van der Waals surface area contributed by atoms with Crippen LogP contribution in [0.1, 0.15) is 16.2 Å². The van der Waals surface area contributed by atoms with Gasteiger partial charge < -0.3 is 20.2 Å². The SMILES string of the molecule is Cc1nc(Nc2ccc(C(=O)O)cc2)cc(N2CCN(C=O)CC2)n1. The molecule has 0 aliphatic carbocycles. The largest absolute Gasteiger partial charge is 0.478 e. The summed E-state index contributed by atoms with van der Waals surface area (Å²) in [6.45, 7) is 4.62. The number of piperazine rings is 1. The molecule has 3 rings (SSSR count). The molecule has 0 spiro atoms. The highest BCUT2D eigenvalue weighted by Crippen LogP contribution is 2.21. The van der Waals surface area contributed by atoms with Crippen molar-refractivity contribution in [2.75, 3.05) is 36.4 Å². The summed E-state index contributed by atoms with van der Waals surface area (Å²) >= 11 is 0. The maximum Gasteiger partial charge on any atom is 0.335 e. The molecule has 8 nitrogen and oxygen atoms in total. The van der Waals surface area contributed by atoms with Gasteiger partial charge in [0.25, 0.3) is 0 Å². The molecule has 1 aliphatic rings. The molecule has 1 aliphatic heterocycles. The van der Waals surface area contributed by atoms with Crippen LogP contribution in [0.25, 0.3) is 0 Å². The van der Waals surface area contributed by atoms with Crippen molar-refractivity contribution in [1.82, 2.24) is 14.9 Å². The first kappa shape index (κ1) is 16.7. The zero-order valence-corrected chi connectivity index (χ0v) is 13.8. The summed E-state index contributed by atoms with van der Waals surface area (Å²) < 4.78 is 0. The second-order valence-corrected chi connectivity index (χ2v) is 5.79. The Morgan fingerprint density at radius 1 is 1.16 bits per heavy atom. The quantitative estimate of drug-likeness (QED) is 0.795. The first-order valence-electron chi connectivity index (χ1n) is 7.95. The highest BCUT2D eigenvalue weighted by Gasteiger charge is 2.17. The summed E-state index contributed by atoms with van der Waals surface area (Å²) in [5, 5.41) is 12.1. The van der Waals surface area contributed by atoms with Gasteiger partial charge in [-0.1, -0.05) is 0 Å². The second-order valence-electron chi connectivity index (χ2n) is 5.79. The Bertz CT molecular complexity index is 770. The molecule has 1 aromatic carbocycles. The van der Waals surface area contributed by atoms with Gasteiger partial charge in [0.1, 0.15) is 17.5 Å². The van der Waals surface area contributed by atoms with E-state index >= 15 is 0 Å². The highest BCUT2D eigenvalue weighted by atomic mass is 16.4. The molecule has 2 heterocycles. The Kier molecular flexibility index (Phi) is 4.78. The van der Waals surface area contributed by atoms with Crippen molar-refractivity contribution in [2.45, 2.75) is 6.92 Å². The minimum absolute atomic E-state index is 0.234. The van der Waals surface area contributed by atoms with Gasteiger partial charge in [-0.25, -0.2) is 14.8 Å². The van der Waals surface area contributed by atoms with E-state index in [0.29, 0.717) is 24.7 Å². The fraction of sp³-hybridized carbons (Fsp3) is 0.294. The van der Waals surface area contributed by atoms with E-state index in [1.165, 1.54) is 12.1 Å². The molecular formula is C17H19N5O3. The summed E-state index contributed by atoms with van der Waals surface area (Å²) in [5.74, 6) is 1.13. The fourth-order valence-corrected chi connectivity index (χ4v) is 2.68. The number of hydrogen-bond acceptors (Lipinski definition) is 6. The standard InChI is InChI=1S/C17H19N5O3/c1-12-18-15(20-14-4-2-13(3-5-14)17(24)25)10-16(19-12)22-8-6-21(11-23)7-9-22/h2-5,10-11H,6-9H2,1H3,(H,24,25)(H,18,19,20). The number of carbonyl (C=O) groups is 2. The maximum absolute atomic E-state index is 10.9. The molecule has 1 fully saturated rings. The molecule has 0 bridgehead atoms. The van der Waals surface area contributed by atoms with Crippen molar-refractivity contribution in [3.05, 3.63) is 41.7 Å². The third kappa shape index (κ3) is 4.03. The minimum Gasteiger partial charge on any atom is -0.478 e. The lowest BCUT2D eigenvalue weighted by Crippen LogP contribution is -2.46. The number of carboxylic acids is 1. The van der Waals surface area contributed by atoms with Gasteiger partial charge >= 0.3 is 5.97 Å². The van der Waals surface area contributed by atoms with E-state index < -0.39 is 5.97 Å². The van der Waals surface area contributed by atoms with Gasteiger partial charge in [0.05, 0.1) is 5.56 Å². The zero-order chi connectivity index (χ0) is 17.8. The van der Waals surface area contributed by atoms with Gasteiger partial charge in [0.15, 0.2) is 0 Å². The van der Waals surface area contributed by atoms with Gasteiger partial charge in [-0.05, 0) is 31.2 Å². The molecule has 25 heavy (non-hydrogen) atoms. The lowest BCUT2D eigenvalue weighted by molar-refractivity contribution is -0.118. The number of rotatable bonds is 5. The number of aromatic nitrogens is 2. The van der Waals surface area contributed by atoms with Crippen LogP contribution in [0.15, 0.2) is 30.3 Å². The normalized spacial score (nSPS) is 14.3. The lowest BCUT2D eigenvalue weighted by Gasteiger charge is -2.33. The predicted molar refractivity (Wildman–Crippen MR) is 93.3 cm³/mol. The number of carboxylic acid groups (broad SMARTS) is 1. The number of hydrogen-bond donors (Lipinski definition) is 2. The van der Waals surface area contributed by atoms with Crippen LogP contribution in [0.4, 0.5) is 17.3 Å². The number of nitrogens with one attached hydrogen (secondary N) is 1. The number of benzene rings is 1. The van der Waals surface area contributed by atoms with E-state index in [2.05, 4.69) is 20.2 Å². The van der Waals surface area contributed by atoms with Crippen LogP contribution in [0.2, 0.25) is 0 Å². The molecule has 8 heteroatoms. The molecule has 1 saturated heterocycles. The van der Waals surface area contributed by atoms with Gasteiger partial charge in [-0.15, -0.1) is 0 Å². The van der Waals surface area contributed by atoms with E-state index in [-0.39, 0.29) is 5.56 Å². The van der Waals surface area contributed by atoms with E-state index in [4.69, 9.17) is 5.11 Å². The number of anilines is 3. The molecule has 0 unspecified atom stereocenters. The van der Waals surface area contributed by atoms with Crippen LogP contribution in [-0.4, -0.2) is 58.5 Å². The van der Waals surface area contributed by atoms with Crippen molar-refractivity contribution in [2.24, 2.45) is 0 Å². The molecule has 2 N–H and O–H groups in total. The first-order chi connectivity index (χ1) is 12.0. The van der Waals surface area contributed by atoms with Crippen LogP contribution in [0.5, 0.6) is 0 Å². The lowest BCUT2D eigenvalue weighted by atomic mass is 10.2. The smallest absolute Gasteiger partial charge is 0.335 e. The zero-order valence-electron chi connectivity index (χ0n) is 13.8. The van der Waals surface area contributed by atoms with E-state index in [1.54, 1.807) is 17.0 Å². The van der Waals surface area contributed by atoms with E-state index in [0.717, 1.165) is 31.0 Å². The van der Waals surface area contributed by atoms with Gasteiger partial charge in [-0.3, -0.25) is 4.79 Å². The number of carbonyl (C=O) groups excluding carboxylic acids is 1. The van der Waals surface area contributed by atoms with Crippen molar-refractivity contribution in [3.8, 4) is 0 Å². The average Bonchev–Trinajstić information content (AvgIpc) is 2.62. The molecular weight excluding hydrogens is 322 g/mol. The molecule has 0 saturated carbocycles. The van der Waals surface area contributed by atoms with Crippen molar-refractivity contribution in [3.63, 3.8) is 0 Å². The molecule has 0 atom stereocenters. The average molecular weight is 341 g/mol.